The summed E-state index contributed by atoms with van der Waals surface area (Å²) >= 11 is 5.51. The average molecular weight is 254 g/mol. The van der Waals surface area contributed by atoms with Crippen LogP contribution in [0.3, 0.4) is 0 Å². The number of ether oxygens (including phenoxy) is 1. The highest BCUT2D eigenvalue weighted by Gasteiger charge is 2.11. The number of non-ortho nitro benzene ring substituents is 1. The molecule has 88 valence electrons. The molecule has 1 aromatic heterocycles. The summed E-state index contributed by atoms with van der Waals surface area (Å²) < 4.78 is 5.30. The maximum absolute atomic E-state index is 10.7. The van der Waals surface area contributed by atoms with Gasteiger partial charge in [-0.2, -0.15) is 0 Å². The minimum absolute atomic E-state index is 0.0250. The fourth-order valence-corrected chi connectivity index (χ4v) is 1.46. The van der Waals surface area contributed by atoms with E-state index < -0.39 is 4.92 Å². The Morgan fingerprint density at radius 3 is 2.94 bits per heavy atom. The second kappa shape index (κ2) is 4.92. The van der Waals surface area contributed by atoms with E-state index in [2.05, 4.69) is 9.97 Å². The molecule has 1 aromatic carbocycles. The van der Waals surface area contributed by atoms with Crippen LogP contribution in [0.1, 0.15) is 0 Å². The van der Waals surface area contributed by atoms with Gasteiger partial charge < -0.3 is 4.74 Å². The molecule has 0 amide bonds. The normalized spacial score (nSPS) is 10.4. The molecule has 2 rings (SSSR count). The molecule has 0 fully saturated rings. The number of nitro benzene ring substituents is 1. The second-order valence-corrected chi connectivity index (χ2v) is 3.55. The molecule has 0 aliphatic heterocycles. The first-order valence-electron chi connectivity index (χ1n) is 4.80. The van der Waals surface area contributed by atoms with Crippen LogP contribution < -0.4 is 4.74 Å². The van der Waals surface area contributed by atoms with Gasteiger partial charge in [0.2, 0.25) is 5.88 Å². The lowest BCUT2D eigenvalue weighted by molar-refractivity contribution is -0.384. The minimum Gasteiger partial charge on any atom is -0.476 e. The zero-order chi connectivity index (χ0) is 12.3. The Morgan fingerprint density at radius 2 is 2.24 bits per heavy atom. The van der Waals surface area contributed by atoms with E-state index in [1.54, 1.807) is 6.07 Å². The van der Waals surface area contributed by atoms with E-state index in [4.69, 9.17) is 16.3 Å². The number of halogens is 1. The molecule has 7 heteroatoms. The number of nitro groups is 1. The largest absolute Gasteiger partial charge is 0.476 e. The van der Waals surface area contributed by atoms with Gasteiger partial charge in [0.15, 0.2) is 0 Å². The molecule has 1 heterocycles. The third-order valence-electron chi connectivity index (χ3n) is 2.11. The van der Waals surface area contributed by atoms with Crippen LogP contribution in [0.2, 0.25) is 0 Å². The predicted octanol–water partition coefficient (Wildman–Crippen LogP) is 2.16. The van der Waals surface area contributed by atoms with Gasteiger partial charge in [0.1, 0.15) is 12.9 Å². The van der Waals surface area contributed by atoms with Gasteiger partial charge >= 0.3 is 0 Å². The number of aromatic nitrogens is 2. The third kappa shape index (κ3) is 2.42. The van der Waals surface area contributed by atoms with Crippen molar-refractivity contribution in [3.8, 4) is 5.88 Å². The molecule has 0 atom stereocenters. The molecule has 0 aliphatic rings. The zero-order valence-electron chi connectivity index (χ0n) is 8.67. The fraction of sp³-hybridized carbons (Fsp3) is 0.200. The molecule has 17 heavy (non-hydrogen) atoms. The SMILES string of the molecule is O=[N+]([O-])c1ccc2ncnc(OCCCl)c2c1. The second-order valence-electron chi connectivity index (χ2n) is 3.17. The van der Waals surface area contributed by atoms with Crippen LogP contribution in [-0.2, 0) is 0 Å². The number of hydrogen-bond acceptors (Lipinski definition) is 5. The van der Waals surface area contributed by atoms with E-state index >= 15 is 0 Å². The van der Waals surface area contributed by atoms with Crippen molar-refractivity contribution < 1.29 is 9.66 Å². The van der Waals surface area contributed by atoms with E-state index in [1.165, 1.54) is 18.5 Å². The first-order valence-corrected chi connectivity index (χ1v) is 5.33. The summed E-state index contributed by atoms with van der Waals surface area (Å²) in [5.74, 6) is 0.625. The summed E-state index contributed by atoms with van der Waals surface area (Å²) in [7, 11) is 0. The molecule has 0 aliphatic carbocycles. The van der Waals surface area contributed by atoms with Crippen LogP contribution in [0.15, 0.2) is 24.5 Å². The summed E-state index contributed by atoms with van der Waals surface area (Å²) in [4.78, 5) is 18.1. The van der Waals surface area contributed by atoms with Crippen LogP contribution in [0.25, 0.3) is 10.9 Å². The maximum Gasteiger partial charge on any atom is 0.270 e. The number of benzene rings is 1. The van der Waals surface area contributed by atoms with Crippen LogP contribution in [0, 0.1) is 10.1 Å². The molecular formula is C10H8ClN3O3. The van der Waals surface area contributed by atoms with Crippen molar-refractivity contribution in [2.45, 2.75) is 0 Å². The highest BCUT2D eigenvalue weighted by Crippen LogP contribution is 2.25. The Bertz CT molecular complexity index is 561. The number of fused-ring (bicyclic) bond motifs is 1. The topological polar surface area (TPSA) is 78.2 Å². The lowest BCUT2D eigenvalue weighted by Gasteiger charge is -2.05. The van der Waals surface area contributed by atoms with Gasteiger partial charge in [0.05, 0.1) is 21.7 Å². The predicted molar refractivity (Wildman–Crippen MR) is 62.4 cm³/mol. The smallest absolute Gasteiger partial charge is 0.270 e. The molecule has 2 aromatic rings. The highest BCUT2D eigenvalue weighted by atomic mass is 35.5. The number of alkyl halides is 1. The molecule has 6 nitrogen and oxygen atoms in total. The van der Waals surface area contributed by atoms with Gasteiger partial charge in [-0.3, -0.25) is 10.1 Å². The van der Waals surface area contributed by atoms with Crippen molar-refractivity contribution in [1.82, 2.24) is 9.97 Å². The van der Waals surface area contributed by atoms with Gasteiger partial charge in [-0.1, -0.05) is 0 Å². The van der Waals surface area contributed by atoms with Crippen LogP contribution in [0.5, 0.6) is 5.88 Å². The lowest BCUT2D eigenvalue weighted by atomic mass is 10.2. The van der Waals surface area contributed by atoms with E-state index in [9.17, 15) is 10.1 Å². The van der Waals surface area contributed by atoms with Gasteiger partial charge in [-0.15, -0.1) is 11.6 Å². The summed E-state index contributed by atoms with van der Waals surface area (Å²) in [6.45, 7) is 0.288. The van der Waals surface area contributed by atoms with Crippen molar-refractivity contribution in [1.29, 1.82) is 0 Å². The number of rotatable bonds is 4. The van der Waals surface area contributed by atoms with Gasteiger partial charge in [-0.25, -0.2) is 9.97 Å². The first-order chi connectivity index (χ1) is 8.22. The molecule has 0 unspecified atom stereocenters. The van der Waals surface area contributed by atoms with E-state index in [0.29, 0.717) is 22.7 Å². The van der Waals surface area contributed by atoms with Crippen molar-refractivity contribution >= 4 is 28.2 Å². The summed E-state index contributed by atoms with van der Waals surface area (Å²) in [5.41, 5.74) is 0.568. The minimum atomic E-state index is -0.474. The fourth-order valence-electron chi connectivity index (χ4n) is 1.38. The van der Waals surface area contributed by atoms with Crippen molar-refractivity contribution in [2.75, 3.05) is 12.5 Å². The molecule has 0 saturated carbocycles. The Hall–Kier alpha value is -1.95. The monoisotopic (exact) mass is 253 g/mol. The first kappa shape index (κ1) is 11.5. The molecule has 0 bridgehead atoms. The molecule has 0 saturated heterocycles. The Kier molecular flexibility index (Phi) is 3.34. The number of nitrogens with zero attached hydrogens (tertiary/aromatic N) is 3. The van der Waals surface area contributed by atoms with Crippen molar-refractivity contribution in [3.05, 3.63) is 34.6 Å². The highest BCUT2D eigenvalue weighted by molar-refractivity contribution is 6.18. The molecule has 0 N–H and O–H groups in total. The summed E-state index contributed by atoms with van der Waals surface area (Å²) in [6.07, 6.45) is 1.34. The van der Waals surface area contributed by atoms with Crippen LogP contribution >= 0.6 is 11.6 Å². The quantitative estimate of drug-likeness (QED) is 0.474. The molecule has 0 spiro atoms. The standard InChI is InChI=1S/C10H8ClN3O3/c11-3-4-17-10-8-5-7(14(15)16)1-2-9(8)12-6-13-10/h1-2,5-6H,3-4H2. The van der Waals surface area contributed by atoms with E-state index in [-0.39, 0.29) is 12.3 Å². The number of hydrogen-bond donors (Lipinski definition) is 0. The van der Waals surface area contributed by atoms with Crippen LogP contribution in [0.4, 0.5) is 5.69 Å². The summed E-state index contributed by atoms with van der Waals surface area (Å²) in [6, 6.07) is 4.34. The van der Waals surface area contributed by atoms with Crippen molar-refractivity contribution in [2.24, 2.45) is 0 Å². The Labute approximate surface area is 101 Å². The average Bonchev–Trinajstić information content (AvgIpc) is 2.35. The van der Waals surface area contributed by atoms with Gasteiger partial charge in [-0.05, 0) is 6.07 Å². The maximum atomic E-state index is 10.7. The van der Waals surface area contributed by atoms with E-state index in [1.807, 2.05) is 0 Å². The van der Waals surface area contributed by atoms with E-state index in [0.717, 1.165) is 0 Å². The van der Waals surface area contributed by atoms with Gasteiger partial charge in [0, 0.05) is 12.1 Å². The summed E-state index contributed by atoms with van der Waals surface area (Å²) in [5, 5.41) is 11.2. The zero-order valence-corrected chi connectivity index (χ0v) is 9.42. The Morgan fingerprint density at radius 1 is 1.41 bits per heavy atom. The van der Waals surface area contributed by atoms with Gasteiger partial charge in [0.25, 0.3) is 5.69 Å². The third-order valence-corrected chi connectivity index (χ3v) is 2.26. The van der Waals surface area contributed by atoms with Crippen molar-refractivity contribution in [3.63, 3.8) is 0 Å². The Balaban J connectivity index is 2.51. The molecule has 0 radical (unpaired) electrons. The lowest BCUT2D eigenvalue weighted by Crippen LogP contribution is -2.01. The van der Waals surface area contributed by atoms with Crippen LogP contribution in [-0.4, -0.2) is 27.4 Å². The molecular weight excluding hydrogens is 246 g/mol.